The molecule has 0 spiro atoms. The van der Waals surface area contributed by atoms with Crippen molar-refractivity contribution in [2.45, 2.75) is 52.7 Å². The average molecular weight is 323 g/mol. The lowest BCUT2D eigenvalue weighted by atomic mass is 9.52. The van der Waals surface area contributed by atoms with Gasteiger partial charge in [0.05, 0.1) is 18.3 Å². The average Bonchev–Trinajstić information content (AvgIpc) is 2.56. The molecule has 2 aliphatic carbocycles. The van der Waals surface area contributed by atoms with Gasteiger partial charge in [0.2, 0.25) is 0 Å². The normalized spacial score (nSPS) is 31.8. The van der Waals surface area contributed by atoms with Gasteiger partial charge >= 0.3 is 0 Å². The predicted molar refractivity (Wildman–Crippen MR) is 93.0 cm³/mol. The largest absolute Gasteiger partial charge is 0.373 e. The summed E-state index contributed by atoms with van der Waals surface area (Å²) in [4.78, 5) is 12.3. The van der Waals surface area contributed by atoms with E-state index in [1.165, 1.54) is 5.56 Å². The summed E-state index contributed by atoms with van der Waals surface area (Å²) in [6, 6.07) is 12.3. The quantitative estimate of drug-likeness (QED) is 0.826. The Hall–Kier alpha value is -1.92. The number of Topliss-reactive ketones (excluding diaryl/α,β-unsaturated/α-hetero) is 1. The van der Waals surface area contributed by atoms with Crippen LogP contribution in [0.25, 0.3) is 0 Å². The van der Waals surface area contributed by atoms with Gasteiger partial charge in [0.25, 0.3) is 0 Å². The van der Waals surface area contributed by atoms with Crippen LogP contribution in [0.5, 0.6) is 0 Å². The van der Waals surface area contributed by atoms with Crippen molar-refractivity contribution in [1.29, 1.82) is 5.26 Å². The zero-order valence-electron chi connectivity index (χ0n) is 14.7. The van der Waals surface area contributed by atoms with E-state index in [-0.39, 0.29) is 28.6 Å². The molecule has 1 aromatic rings. The second kappa shape index (κ2) is 6.18. The molecule has 1 unspecified atom stereocenters. The van der Waals surface area contributed by atoms with E-state index in [4.69, 9.17) is 4.74 Å². The van der Waals surface area contributed by atoms with Crippen LogP contribution in [0.4, 0.5) is 0 Å². The molecule has 0 bridgehead atoms. The van der Waals surface area contributed by atoms with E-state index >= 15 is 0 Å². The van der Waals surface area contributed by atoms with Crippen LogP contribution in [0.2, 0.25) is 0 Å². The maximum atomic E-state index is 12.3. The summed E-state index contributed by atoms with van der Waals surface area (Å²) in [6.07, 6.45) is 4.42. The second-order valence-electron chi connectivity index (χ2n) is 8.00. The number of ether oxygens (including phenoxy) is 1. The Kier molecular flexibility index (Phi) is 4.36. The van der Waals surface area contributed by atoms with Crippen LogP contribution in [0.1, 0.15) is 45.6 Å². The van der Waals surface area contributed by atoms with E-state index in [1.807, 2.05) is 24.3 Å². The molecule has 0 radical (unpaired) electrons. The minimum Gasteiger partial charge on any atom is -0.373 e. The fourth-order valence-electron chi connectivity index (χ4n) is 4.60. The summed E-state index contributed by atoms with van der Waals surface area (Å²) in [5.74, 6) is 0.195. The summed E-state index contributed by atoms with van der Waals surface area (Å²) in [5.41, 5.74) is 1.32. The highest BCUT2D eigenvalue weighted by atomic mass is 16.5. The molecule has 126 valence electrons. The number of carbonyl (C=O) groups excluding carboxylic acids is 1. The molecule has 0 saturated heterocycles. The number of benzene rings is 1. The lowest BCUT2D eigenvalue weighted by Gasteiger charge is -2.54. The first-order valence-electron chi connectivity index (χ1n) is 8.68. The van der Waals surface area contributed by atoms with Crippen LogP contribution < -0.4 is 0 Å². The van der Waals surface area contributed by atoms with Crippen LogP contribution >= 0.6 is 0 Å². The first-order valence-corrected chi connectivity index (χ1v) is 8.68. The number of ketones is 1. The first-order chi connectivity index (χ1) is 11.4. The van der Waals surface area contributed by atoms with E-state index in [1.54, 1.807) is 0 Å². The van der Waals surface area contributed by atoms with Gasteiger partial charge in [0.15, 0.2) is 5.78 Å². The highest BCUT2D eigenvalue weighted by molar-refractivity contribution is 6.00. The van der Waals surface area contributed by atoms with E-state index in [0.717, 1.165) is 12.8 Å². The van der Waals surface area contributed by atoms with Crippen molar-refractivity contribution in [2.24, 2.45) is 16.7 Å². The van der Waals surface area contributed by atoms with Crippen molar-refractivity contribution in [2.75, 3.05) is 0 Å². The Morgan fingerprint density at radius 3 is 2.62 bits per heavy atom. The molecule has 1 aromatic carbocycles. The summed E-state index contributed by atoms with van der Waals surface area (Å²) < 4.78 is 6.27. The third kappa shape index (κ3) is 2.91. The SMILES string of the molecule is CC1(C)C2CC(=O)C(C#N)=C[C@@]2(C)CC[C@@H]1OCc1ccccc1. The standard InChI is InChI=1S/C21H25NO2/c1-20(2)18-11-17(23)16(13-22)12-21(18,3)10-9-19(20)24-14-15-7-5-4-6-8-15/h4-8,12,18-19H,9-11,14H2,1-3H3/t18?,19-,21+/m0/s1. The van der Waals surface area contributed by atoms with Gasteiger partial charge in [0, 0.05) is 6.42 Å². The Morgan fingerprint density at radius 1 is 1.25 bits per heavy atom. The molecule has 1 fully saturated rings. The Labute approximate surface area is 144 Å². The highest BCUT2D eigenvalue weighted by Gasteiger charge is 2.53. The fourth-order valence-corrected chi connectivity index (χ4v) is 4.60. The van der Waals surface area contributed by atoms with Gasteiger partial charge in [-0.15, -0.1) is 0 Å². The lowest BCUT2D eigenvalue weighted by molar-refractivity contribution is -0.138. The molecule has 0 N–H and O–H groups in total. The monoisotopic (exact) mass is 323 g/mol. The van der Waals surface area contributed by atoms with Crippen LogP contribution in [-0.4, -0.2) is 11.9 Å². The van der Waals surface area contributed by atoms with Gasteiger partial charge < -0.3 is 4.74 Å². The van der Waals surface area contributed by atoms with Crippen molar-refractivity contribution < 1.29 is 9.53 Å². The summed E-state index contributed by atoms with van der Waals surface area (Å²) in [7, 11) is 0. The number of carbonyl (C=O) groups is 1. The molecule has 0 aliphatic heterocycles. The van der Waals surface area contributed by atoms with Gasteiger partial charge in [-0.05, 0) is 35.2 Å². The summed E-state index contributed by atoms with van der Waals surface area (Å²) in [5, 5.41) is 9.19. The van der Waals surface area contributed by atoms with E-state index in [2.05, 4.69) is 39.0 Å². The van der Waals surface area contributed by atoms with Crippen LogP contribution in [-0.2, 0) is 16.1 Å². The maximum Gasteiger partial charge on any atom is 0.173 e. The summed E-state index contributed by atoms with van der Waals surface area (Å²) >= 11 is 0. The molecular formula is C21H25NO2. The third-order valence-corrected chi connectivity index (χ3v) is 6.05. The topological polar surface area (TPSA) is 50.1 Å². The van der Waals surface area contributed by atoms with E-state index < -0.39 is 0 Å². The van der Waals surface area contributed by atoms with Crippen LogP contribution in [0.3, 0.4) is 0 Å². The number of nitrogens with zero attached hydrogens (tertiary/aromatic N) is 1. The molecule has 1 saturated carbocycles. The van der Waals surface area contributed by atoms with Gasteiger partial charge in [-0.3, -0.25) is 4.79 Å². The number of rotatable bonds is 3. The van der Waals surface area contributed by atoms with Crippen LogP contribution in [0, 0.1) is 28.1 Å². The number of nitriles is 1. The second-order valence-corrected chi connectivity index (χ2v) is 8.00. The zero-order chi connectivity index (χ0) is 17.4. The smallest absolute Gasteiger partial charge is 0.173 e. The molecule has 3 rings (SSSR count). The van der Waals surface area contributed by atoms with Gasteiger partial charge in [-0.1, -0.05) is 57.2 Å². The Balaban J connectivity index is 1.79. The fraction of sp³-hybridized carbons (Fsp3) is 0.524. The molecular weight excluding hydrogens is 298 g/mol. The van der Waals surface area contributed by atoms with E-state index in [0.29, 0.717) is 18.6 Å². The Bertz CT molecular complexity index is 698. The molecule has 0 heterocycles. The number of hydrogen-bond acceptors (Lipinski definition) is 3. The number of allylic oxidation sites excluding steroid dienone is 2. The highest BCUT2D eigenvalue weighted by Crippen LogP contribution is 2.56. The van der Waals surface area contributed by atoms with Crippen LogP contribution in [0.15, 0.2) is 42.0 Å². The molecule has 24 heavy (non-hydrogen) atoms. The van der Waals surface area contributed by atoms with Crippen molar-refractivity contribution >= 4 is 5.78 Å². The van der Waals surface area contributed by atoms with E-state index in [9.17, 15) is 10.1 Å². The lowest BCUT2D eigenvalue weighted by Crippen LogP contribution is -2.52. The zero-order valence-corrected chi connectivity index (χ0v) is 14.7. The van der Waals surface area contributed by atoms with Crippen molar-refractivity contribution in [3.05, 3.63) is 47.5 Å². The molecule has 2 aliphatic rings. The van der Waals surface area contributed by atoms with Gasteiger partial charge in [-0.25, -0.2) is 0 Å². The Morgan fingerprint density at radius 2 is 1.96 bits per heavy atom. The minimum absolute atomic E-state index is 0.0169. The molecule has 0 aromatic heterocycles. The van der Waals surface area contributed by atoms with Gasteiger partial charge in [-0.2, -0.15) is 5.26 Å². The number of fused-ring (bicyclic) bond motifs is 1. The molecule has 3 atom stereocenters. The minimum atomic E-state index is -0.102. The predicted octanol–water partition coefficient (Wildman–Crippen LogP) is 4.44. The maximum absolute atomic E-state index is 12.3. The van der Waals surface area contributed by atoms with Crippen molar-refractivity contribution in [1.82, 2.24) is 0 Å². The number of hydrogen-bond donors (Lipinski definition) is 0. The third-order valence-electron chi connectivity index (χ3n) is 6.05. The van der Waals surface area contributed by atoms with Crippen molar-refractivity contribution in [3.8, 4) is 6.07 Å². The molecule has 3 nitrogen and oxygen atoms in total. The van der Waals surface area contributed by atoms with Crippen molar-refractivity contribution in [3.63, 3.8) is 0 Å². The first kappa shape index (κ1) is 16.9. The molecule has 3 heteroatoms. The molecule has 0 amide bonds. The summed E-state index contributed by atoms with van der Waals surface area (Å²) in [6.45, 7) is 7.22. The van der Waals surface area contributed by atoms with Gasteiger partial charge in [0.1, 0.15) is 6.07 Å².